The summed E-state index contributed by atoms with van der Waals surface area (Å²) in [5.74, 6) is 1.50. The van der Waals surface area contributed by atoms with Gasteiger partial charge in [-0.1, -0.05) is 31.2 Å². The van der Waals surface area contributed by atoms with E-state index in [1.165, 1.54) is 0 Å². The van der Waals surface area contributed by atoms with Crippen LogP contribution in [-0.4, -0.2) is 27.5 Å². The van der Waals surface area contributed by atoms with Gasteiger partial charge in [0.25, 0.3) is 0 Å². The van der Waals surface area contributed by atoms with Crippen molar-refractivity contribution in [1.82, 2.24) is 20.3 Å². The summed E-state index contributed by atoms with van der Waals surface area (Å²) in [7, 11) is 0. The van der Waals surface area contributed by atoms with Gasteiger partial charge in [0.1, 0.15) is 5.75 Å². The molecule has 0 saturated carbocycles. The summed E-state index contributed by atoms with van der Waals surface area (Å²) in [6.45, 7) is 7.59. The molecule has 0 aliphatic rings. The van der Waals surface area contributed by atoms with Crippen molar-refractivity contribution in [2.75, 3.05) is 6.61 Å². The molecule has 2 rings (SSSR count). The average Bonchev–Trinajstić information content (AvgIpc) is 3.06. The summed E-state index contributed by atoms with van der Waals surface area (Å²) >= 11 is 0. The zero-order valence-electron chi connectivity index (χ0n) is 14.6. The van der Waals surface area contributed by atoms with Gasteiger partial charge in [-0.3, -0.25) is 9.48 Å². The normalized spacial score (nSPS) is 12.2. The number of nitrogens with zero attached hydrogens (tertiary/aromatic N) is 3. The van der Waals surface area contributed by atoms with Crippen molar-refractivity contribution in [3.05, 3.63) is 42.2 Å². The molecular weight excluding hydrogens is 304 g/mol. The quantitative estimate of drug-likeness (QED) is 0.767. The zero-order valence-corrected chi connectivity index (χ0v) is 14.6. The molecule has 0 aliphatic heterocycles. The Kier molecular flexibility index (Phi) is 6.78. The van der Waals surface area contributed by atoms with Gasteiger partial charge in [-0.2, -0.15) is 0 Å². The van der Waals surface area contributed by atoms with E-state index in [-0.39, 0.29) is 11.9 Å². The first kappa shape index (κ1) is 18.0. The van der Waals surface area contributed by atoms with Crippen LogP contribution in [0.4, 0.5) is 0 Å². The largest absolute Gasteiger partial charge is 0.494 e. The van der Waals surface area contributed by atoms with E-state index < -0.39 is 0 Å². The van der Waals surface area contributed by atoms with Gasteiger partial charge in [0, 0.05) is 12.6 Å². The molecule has 1 heterocycles. The lowest BCUT2D eigenvalue weighted by molar-refractivity contribution is -0.122. The van der Waals surface area contributed by atoms with E-state index >= 15 is 0 Å². The first-order chi connectivity index (χ1) is 11.5. The Balaban J connectivity index is 1.76. The summed E-state index contributed by atoms with van der Waals surface area (Å²) in [5, 5.41) is 10.6. The molecule has 0 aliphatic carbocycles. The Labute approximate surface area is 143 Å². The lowest BCUT2D eigenvalue weighted by atomic mass is 10.1. The maximum Gasteiger partial charge on any atom is 0.222 e. The summed E-state index contributed by atoms with van der Waals surface area (Å²) in [5.41, 5.74) is 1.06. The van der Waals surface area contributed by atoms with E-state index in [9.17, 15) is 4.79 Å². The fourth-order valence-corrected chi connectivity index (χ4v) is 2.23. The van der Waals surface area contributed by atoms with E-state index in [2.05, 4.69) is 29.5 Å². The van der Waals surface area contributed by atoms with Crippen molar-refractivity contribution in [2.45, 2.75) is 46.2 Å². The fraction of sp³-hybridized carbons (Fsp3) is 0.500. The van der Waals surface area contributed by atoms with Crippen LogP contribution in [0.5, 0.6) is 5.75 Å². The third-order valence-corrected chi connectivity index (χ3v) is 3.76. The molecule has 1 amide bonds. The molecule has 1 N–H and O–H groups in total. The Morgan fingerprint density at radius 2 is 2.00 bits per heavy atom. The minimum absolute atomic E-state index is 0.00439. The molecule has 130 valence electrons. The SMILES string of the molecule is CC(C)CCOc1ccc([C@@H](C)NC(=O)CCn2ccnn2)cc1. The summed E-state index contributed by atoms with van der Waals surface area (Å²) < 4.78 is 7.36. The van der Waals surface area contributed by atoms with Crippen LogP contribution in [0.3, 0.4) is 0 Å². The molecule has 0 unspecified atom stereocenters. The van der Waals surface area contributed by atoms with Gasteiger partial charge in [-0.25, -0.2) is 0 Å². The maximum atomic E-state index is 12.0. The predicted octanol–water partition coefficient (Wildman–Crippen LogP) is 2.97. The highest BCUT2D eigenvalue weighted by Gasteiger charge is 2.10. The molecule has 0 bridgehead atoms. The topological polar surface area (TPSA) is 69.0 Å². The first-order valence-electron chi connectivity index (χ1n) is 8.41. The molecule has 6 heteroatoms. The average molecular weight is 330 g/mol. The highest BCUT2D eigenvalue weighted by atomic mass is 16.5. The van der Waals surface area contributed by atoms with Gasteiger partial charge in [0.2, 0.25) is 5.91 Å². The van der Waals surface area contributed by atoms with Crippen molar-refractivity contribution in [3.8, 4) is 5.75 Å². The second-order valence-electron chi connectivity index (χ2n) is 6.31. The molecule has 0 saturated heterocycles. The number of ether oxygens (including phenoxy) is 1. The van der Waals surface area contributed by atoms with Crippen LogP contribution in [0.15, 0.2) is 36.7 Å². The van der Waals surface area contributed by atoms with Crippen LogP contribution >= 0.6 is 0 Å². The molecule has 2 aromatic rings. The smallest absolute Gasteiger partial charge is 0.222 e. The number of amides is 1. The van der Waals surface area contributed by atoms with Crippen molar-refractivity contribution < 1.29 is 9.53 Å². The third kappa shape index (κ3) is 6.02. The van der Waals surface area contributed by atoms with Gasteiger partial charge in [0.05, 0.1) is 25.4 Å². The molecule has 6 nitrogen and oxygen atoms in total. The number of aryl methyl sites for hydroxylation is 1. The van der Waals surface area contributed by atoms with Crippen LogP contribution in [0.2, 0.25) is 0 Å². The van der Waals surface area contributed by atoms with Crippen molar-refractivity contribution >= 4 is 5.91 Å². The van der Waals surface area contributed by atoms with E-state index in [0.717, 1.165) is 24.3 Å². The van der Waals surface area contributed by atoms with E-state index in [4.69, 9.17) is 4.74 Å². The molecule has 0 fully saturated rings. The van der Waals surface area contributed by atoms with E-state index in [1.807, 2.05) is 31.2 Å². The summed E-state index contributed by atoms with van der Waals surface area (Å²) in [6, 6.07) is 7.85. The van der Waals surface area contributed by atoms with Crippen LogP contribution < -0.4 is 10.1 Å². The number of nitrogens with one attached hydrogen (secondary N) is 1. The van der Waals surface area contributed by atoms with Crippen molar-refractivity contribution in [2.24, 2.45) is 5.92 Å². The second kappa shape index (κ2) is 9.05. The van der Waals surface area contributed by atoms with E-state index in [1.54, 1.807) is 17.1 Å². The minimum atomic E-state index is -0.0436. The lowest BCUT2D eigenvalue weighted by Crippen LogP contribution is -2.27. The maximum absolute atomic E-state index is 12.0. The fourth-order valence-electron chi connectivity index (χ4n) is 2.23. The highest BCUT2D eigenvalue weighted by Crippen LogP contribution is 2.18. The number of carbonyl (C=O) groups is 1. The zero-order chi connectivity index (χ0) is 17.4. The number of rotatable bonds is 9. The third-order valence-electron chi connectivity index (χ3n) is 3.76. The van der Waals surface area contributed by atoms with Gasteiger partial charge in [-0.15, -0.1) is 5.10 Å². The number of hydrogen-bond donors (Lipinski definition) is 1. The number of aromatic nitrogens is 3. The molecule has 1 atom stereocenters. The molecule has 24 heavy (non-hydrogen) atoms. The lowest BCUT2D eigenvalue weighted by Gasteiger charge is -2.15. The Morgan fingerprint density at radius 3 is 2.62 bits per heavy atom. The summed E-state index contributed by atoms with van der Waals surface area (Å²) in [4.78, 5) is 12.0. The van der Waals surface area contributed by atoms with Crippen LogP contribution in [0, 0.1) is 5.92 Å². The van der Waals surface area contributed by atoms with Gasteiger partial charge < -0.3 is 10.1 Å². The predicted molar refractivity (Wildman–Crippen MR) is 92.6 cm³/mol. The Morgan fingerprint density at radius 1 is 1.25 bits per heavy atom. The molecule has 1 aromatic carbocycles. The van der Waals surface area contributed by atoms with Crippen LogP contribution in [-0.2, 0) is 11.3 Å². The standard InChI is InChI=1S/C18H26N4O2/c1-14(2)9-13-24-17-6-4-16(5-7-17)15(3)20-18(23)8-11-22-12-10-19-21-22/h4-7,10,12,14-15H,8-9,11,13H2,1-3H3,(H,20,23)/t15-/m1/s1. The van der Waals surface area contributed by atoms with Crippen LogP contribution in [0.25, 0.3) is 0 Å². The van der Waals surface area contributed by atoms with Gasteiger partial charge >= 0.3 is 0 Å². The molecule has 1 aromatic heterocycles. The van der Waals surface area contributed by atoms with Crippen molar-refractivity contribution in [1.29, 1.82) is 0 Å². The summed E-state index contributed by atoms with van der Waals surface area (Å²) in [6.07, 6.45) is 4.77. The Bertz CT molecular complexity index is 608. The highest BCUT2D eigenvalue weighted by molar-refractivity contribution is 5.76. The molecule has 0 radical (unpaired) electrons. The van der Waals surface area contributed by atoms with Crippen LogP contribution in [0.1, 0.15) is 45.2 Å². The Hall–Kier alpha value is -2.37. The van der Waals surface area contributed by atoms with Gasteiger partial charge in [0.15, 0.2) is 0 Å². The minimum Gasteiger partial charge on any atom is -0.494 e. The number of carbonyl (C=O) groups excluding carboxylic acids is 1. The van der Waals surface area contributed by atoms with Crippen molar-refractivity contribution in [3.63, 3.8) is 0 Å². The van der Waals surface area contributed by atoms with Gasteiger partial charge in [-0.05, 0) is 37.0 Å². The number of benzene rings is 1. The van der Waals surface area contributed by atoms with E-state index in [0.29, 0.717) is 18.9 Å². The number of hydrogen-bond acceptors (Lipinski definition) is 4. The molecular formula is C18H26N4O2. The second-order valence-corrected chi connectivity index (χ2v) is 6.31. The monoisotopic (exact) mass is 330 g/mol. The molecule has 0 spiro atoms. The first-order valence-corrected chi connectivity index (χ1v) is 8.41.